The van der Waals surface area contributed by atoms with E-state index in [1.807, 2.05) is 0 Å². The van der Waals surface area contributed by atoms with Crippen molar-refractivity contribution in [2.75, 3.05) is 0 Å². The number of fused-ring (bicyclic) bond motifs is 2. The van der Waals surface area contributed by atoms with Crippen molar-refractivity contribution in [3.63, 3.8) is 0 Å². The summed E-state index contributed by atoms with van der Waals surface area (Å²) in [5.41, 5.74) is 0. The molecular formula is C19H32. The van der Waals surface area contributed by atoms with Gasteiger partial charge in [-0.25, -0.2) is 0 Å². The fourth-order valence-electron chi connectivity index (χ4n) is 6.50. The minimum atomic E-state index is 1.14. The van der Waals surface area contributed by atoms with Crippen molar-refractivity contribution in [1.29, 1.82) is 0 Å². The van der Waals surface area contributed by atoms with Crippen molar-refractivity contribution in [1.82, 2.24) is 0 Å². The normalized spacial score (nSPS) is 47.7. The van der Waals surface area contributed by atoms with Gasteiger partial charge >= 0.3 is 0 Å². The first kappa shape index (κ1) is 12.7. The number of hydrogen-bond donors (Lipinski definition) is 0. The molecule has 0 heteroatoms. The second kappa shape index (κ2) is 5.41. The molecule has 4 fully saturated rings. The van der Waals surface area contributed by atoms with Gasteiger partial charge in [-0.05, 0) is 67.6 Å². The van der Waals surface area contributed by atoms with Gasteiger partial charge < -0.3 is 0 Å². The lowest BCUT2D eigenvalue weighted by molar-refractivity contribution is 0.0235. The fraction of sp³-hybridized carbons (Fsp3) is 1.00. The zero-order chi connectivity index (χ0) is 12.7. The van der Waals surface area contributed by atoms with E-state index >= 15 is 0 Å². The first-order valence-electron chi connectivity index (χ1n) is 9.40. The summed E-state index contributed by atoms with van der Waals surface area (Å²) in [6.07, 6.45) is 20.6. The first-order chi connectivity index (χ1) is 9.40. The quantitative estimate of drug-likeness (QED) is 0.558. The third-order valence-corrected chi connectivity index (χ3v) is 7.52. The largest absolute Gasteiger partial charge is 0.0530 e. The minimum Gasteiger partial charge on any atom is -0.0530 e. The van der Waals surface area contributed by atoms with Gasteiger partial charge in [0.05, 0.1) is 0 Å². The molecule has 0 heterocycles. The Bertz CT molecular complexity index is 301. The van der Waals surface area contributed by atoms with Crippen LogP contribution in [-0.4, -0.2) is 0 Å². The summed E-state index contributed by atoms with van der Waals surface area (Å²) in [6.45, 7) is 0. The summed E-state index contributed by atoms with van der Waals surface area (Å²) >= 11 is 0. The van der Waals surface area contributed by atoms with Crippen LogP contribution in [0, 0.1) is 35.5 Å². The van der Waals surface area contributed by atoms with E-state index in [-0.39, 0.29) is 0 Å². The zero-order valence-electron chi connectivity index (χ0n) is 12.7. The van der Waals surface area contributed by atoms with Crippen LogP contribution >= 0.6 is 0 Å². The highest BCUT2D eigenvalue weighted by molar-refractivity contribution is 4.93. The average molecular weight is 260 g/mol. The minimum absolute atomic E-state index is 1.14. The second-order valence-electron chi connectivity index (χ2n) is 8.41. The molecule has 4 saturated carbocycles. The highest BCUT2D eigenvalue weighted by Crippen LogP contribution is 2.53. The van der Waals surface area contributed by atoms with Crippen molar-refractivity contribution in [2.24, 2.45) is 35.5 Å². The van der Waals surface area contributed by atoms with Crippen LogP contribution in [0.3, 0.4) is 0 Å². The Kier molecular flexibility index (Phi) is 3.62. The van der Waals surface area contributed by atoms with Crippen LogP contribution in [0.15, 0.2) is 0 Å². The Morgan fingerprint density at radius 2 is 0.684 bits per heavy atom. The molecule has 0 saturated heterocycles. The Balaban J connectivity index is 1.40. The van der Waals surface area contributed by atoms with Gasteiger partial charge in [0.2, 0.25) is 0 Å². The van der Waals surface area contributed by atoms with Gasteiger partial charge in [0.25, 0.3) is 0 Å². The Hall–Kier alpha value is 0. The van der Waals surface area contributed by atoms with E-state index in [4.69, 9.17) is 0 Å². The van der Waals surface area contributed by atoms with Crippen molar-refractivity contribution >= 4 is 0 Å². The molecule has 4 aliphatic rings. The Morgan fingerprint density at radius 1 is 0.316 bits per heavy atom. The molecule has 0 radical (unpaired) electrons. The molecule has 0 aliphatic heterocycles. The highest BCUT2D eigenvalue weighted by Gasteiger charge is 2.42. The molecule has 4 rings (SSSR count). The Labute approximate surface area is 119 Å². The summed E-state index contributed by atoms with van der Waals surface area (Å²) in [7, 11) is 0. The van der Waals surface area contributed by atoms with E-state index < -0.39 is 0 Å². The van der Waals surface area contributed by atoms with Gasteiger partial charge in [-0.1, -0.05) is 51.4 Å². The summed E-state index contributed by atoms with van der Waals surface area (Å²) in [4.78, 5) is 0. The predicted molar refractivity (Wildman–Crippen MR) is 81.0 cm³/mol. The summed E-state index contributed by atoms with van der Waals surface area (Å²) < 4.78 is 0. The summed E-state index contributed by atoms with van der Waals surface area (Å²) in [5, 5.41) is 0. The van der Waals surface area contributed by atoms with E-state index in [0.717, 1.165) is 35.5 Å². The molecule has 0 N–H and O–H groups in total. The van der Waals surface area contributed by atoms with Gasteiger partial charge in [-0.15, -0.1) is 0 Å². The third-order valence-electron chi connectivity index (χ3n) is 7.52. The molecule has 0 aromatic rings. The summed E-state index contributed by atoms with van der Waals surface area (Å²) in [6, 6.07) is 0. The zero-order valence-corrected chi connectivity index (χ0v) is 12.7. The molecule has 19 heavy (non-hydrogen) atoms. The maximum atomic E-state index is 1.64. The van der Waals surface area contributed by atoms with Gasteiger partial charge in [-0.3, -0.25) is 0 Å². The molecule has 0 aromatic carbocycles. The molecule has 0 amide bonds. The lowest BCUT2D eigenvalue weighted by Crippen LogP contribution is -2.38. The SMILES string of the molecule is C1CCC(C2CCC3CC4CCCCC4CC3C2)C1. The van der Waals surface area contributed by atoms with Gasteiger partial charge in [-0.2, -0.15) is 0 Å². The van der Waals surface area contributed by atoms with Gasteiger partial charge in [0.1, 0.15) is 0 Å². The van der Waals surface area contributed by atoms with Crippen molar-refractivity contribution in [3.8, 4) is 0 Å². The van der Waals surface area contributed by atoms with Crippen LogP contribution in [0.4, 0.5) is 0 Å². The van der Waals surface area contributed by atoms with Gasteiger partial charge in [0.15, 0.2) is 0 Å². The van der Waals surface area contributed by atoms with Crippen LogP contribution in [-0.2, 0) is 0 Å². The molecule has 5 unspecified atom stereocenters. The summed E-state index contributed by atoms with van der Waals surface area (Å²) in [5.74, 6) is 6.89. The standard InChI is InChI=1S/C19H32/c1-2-6-14(5-1)17-9-10-18-11-15-7-3-4-8-16(15)12-19(18)13-17/h14-19H,1-13H2. The molecule has 4 aliphatic carbocycles. The van der Waals surface area contributed by atoms with Crippen LogP contribution in [0.25, 0.3) is 0 Å². The van der Waals surface area contributed by atoms with E-state index in [9.17, 15) is 0 Å². The van der Waals surface area contributed by atoms with Crippen LogP contribution < -0.4 is 0 Å². The topological polar surface area (TPSA) is 0 Å². The highest BCUT2D eigenvalue weighted by atomic mass is 14.5. The van der Waals surface area contributed by atoms with Gasteiger partial charge in [0, 0.05) is 0 Å². The third kappa shape index (κ3) is 2.49. The molecule has 0 spiro atoms. The Morgan fingerprint density at radius 3 is 1.26 bits per heavy atom. The van der Waals surface area contributed by atoms with Crippen molar-refractivity contribution in [3.05, 3.63) is 0 Å². The average Bonchev–Trinajstić information content (AvgIpc) is 2.98. The van der Waals surface area contributed by atoms with E-state index in [1.165, 1.54) is 0 Å². The monoisotopic (exact) mass is 260 g/mol. The van der Waals surface area contributed by atoms with Crippen LogP contribution in [0.2, 0.25) is 0 Å². The molecule has 0 bridgehead atoms. The lowest BCUT2D eigenvalue weighted by atomic mass is 9.57. The lowest BCUT2D eigenvalue weighted by Gasteiger charge is -2.48. The molecule has 5 atom stereocenters. The van der Waals surface area contributed by atoms with Crippen LogP contribution in [0.5, 0.6) is 0 Å². The van der Waals surface area contributed by atoms with E-state index in [1.54, 1.807) is 83.5 Å². The fourth-order valence-corrected chi connectivity index (χ4v) is 6.50. The van der Waals surface area contributed by atoms with Crippen LogP contribution in [0.1, 0.15) is 83.5 Å². The number of rotatable bonds is 1. The van der Waals surface area contributed by atoms with E-state index in [2.05, 4.69) is 0 Å². The molecular weight excluding hydrogens is 228 g/mol. The van der Waals surface area contributed by atoms with Crippen molar-refractivity contribution < 1.29 is 0 Å². The predicted octanol–water partition coefficient (Wildman–Crippen LogP) is 5.81. The number of hydrogen-bond acceptors (Lipinski definition) is 0. The second-order valence-corrected chi connectivity index (χ2v) is 8.41. The van der Waals surface area contributed by atoms with E-state index in [0.29, 0.717) is 0 Å². The smallest absolute Gasteiger partial charge is 0.0380 e. The molecule has 108 valence electrons. The maximum absolute atomic E-state index is 1.64. The molecule has 0 nitrogen and oxygen atoms in total. The first-order valence-corrected chi connectivity index (χ1v) is 9.40. The molecule has 0 aromatic heterocycles. The van der Waals surface area contributed by atoms with Crippen molar-refractivity contribution in [2.45, 2.75) is 83.5 Å². The maximum Gasteiger partial charge on any atom is -0.0380 e.